The number of carbonyl (C=O) groups excluding carboxylic acids is 1. The zero-order valence-electron chi connectivity index (χ0n) is 11.0. The lowest BCUT2D eigenvalue weighted by molar-refractivity contribution is -0.121. The molecule has 0 atom stereocenters. The van der Waals surface area contributed by atoms with E-state index in [1.54, 1.807) is 12.4 Å². The Hall–Kier alpha value is -1.62. The number of ether oxygens (including phenoxy) is 1. The van der Waals surface area contributed by atoms with Crippen LogP contribution in [0.2, 0.25) is 0 Å². The minimum atomic E-state index is -0.0259. The van der Waals surface area contributed by atoms with Gasteiger partial charge in [-0.25, -0.2) is 0 Å². The third-order valence-electron chi connectivity index (χ3n) is 3.40. The Morgan fingerprint density at radius 1 is 1.53 bits per heavy atom. The van der Waals surface area contributed by atoms with Gasteiger partial charge >= 0.3 is 0 Å². The van der Waals surface area contributed by atoms with Gasteiger partial charge in [-0.2, -0.15) is 0 Å². The first kappa shape index (κ1) is 13.8. The Morgan fingerprint density at radius 2 is 2.37 bits per heavy atom. The molecule has 1 aromatic rings. The topological polar surface area (TPSA) is 71.5 Å². The molecule has 2 N–H and O–H groups in total. The van der Waals surface area contributed by atoms with Crippen LogP contribution >= 0.6 is 0 Å². The monoisotopic (exact) mass is 264 g/mol. The van der Waals surface area contributed by atoms with Crippen LogP contribution in [0.25, 0.3) is 0 Å². The van der Waals surface area contributed by atoms with Crippen LogP contribution < -0.4 is 10.1 Å². The lowest BCUT2D eigenvalue weighted by atomic mass is 10.1. The average molecular weight is 264 g/mol. The van der Waals surface area contributed by atoms with Gasteiger partial charge in [-0.05, 0) is 31.4 Å². The number of aliphatic hydroxyl groups is 1. The molecule has 1 aromatic heterocycles. The van der Waals surface area contributed by atoms with Crippen molar-refractivity contribution < 1.29 is 14.6 Å². The summed E-state index contributed by atoms with van der Waals surface area (Å²) in [6, 6.07) is 3.65. The fourth-order valence-corrected chi connectivity index (χ4v) is 1.80. The molecular formula is C14H20N2O3. The number of aliphatic hydroxyl groups excluding tert-OH is 1. The molecule has 2 rings (SSSR count). The quantitative estimate of drug-likeness (QED) is 0.690. The molecule has 104 valence electrons. The molecule has 1 heterocycles. The van der Waals surface area contributed by atoms with E-state index < -0.39 is 0 Å². The maximum Gasteiger partial charge on any atom is 0.220 e. The molecule has 0 radical (unpaired) electrons. The van der Waals surface area contributed by atoms with Crippen LogP contribution in [0.3, 0.4) is 0 Å². The van der Waals surface area contributed by atoms with Crippen LogP contribution in [-0.4, -0.2) is 35.8 Å². The summed E-state index contributed by atoms with van der Waals surface area (Å²) in [7, 11) is 0. The van der Waals surface area contributed by atoms with Crippen LogP contribution in [0.1, 0.15) is 25.7 Å². The van der Waals surface area contributed by atoms with Crippen molar-refractivity contribution in [3.05, 3.63) is 24.5 Å². The fraction of sp³-hybridized carbons (Fsp3) is 0.571. The first-order chi connectivity index (χ1) is 9.24. The van der Waals surface area contributed by atoms with E-state index in [1.165, 1.54) is 0 Å². The molecule has 1 aliphatic rings. The van der Waals surface area contributed by atoms with E-state index in [0.29, 0.717) is 26.0 Å². The van der Waals surface area contributed by atoms with Gasteiger partial charge in [-0.15, -0.1) is 0 Å². The van der Waals surface area contributed by atoms with Crippen molar-refractivity contribution in [3.63, 3.8) is 0 Å². The van der Waals surface area contributed by atoms with Gasteiger partial charge in [-0.1, -0.05) is 0 Å². The maximum absolute atomic E-state index is 11.6. The molecule has 0 unspecified atom stereocenters. The van der Waals surface area contributed by atoms with E-state index in [4.69, 9.17) is 9.84 Å². The lowest BCUT2D eigenvalue weighted by Gasteiger charge is -2.12. The predicted octanol–water partition coefficient (Wildman–Crippen LogP) is 1.13. The van der Waals surface area contributed by atoms with E-state index in [2.05, 4.69) is 10.3 Å². The van der Waals surface area contributed by atoms with Crippen molar-refractivity contribution in [1.29, 1.82) is 0 Å². The number of amides is 1. The van der Waals surface area contributed by atoms with Gasteiger partial charge < -0.3 is 15.2 Å². The molecule has 0 spiro atoms. The normalized spacial score (nSPS) is 15.8. The molecule has 1 fully saturated rings. The summed E-state index contributed by atoms with van der Waals surface area (Å²) in [5.41, 5.74) is -0.0259. The Morgan fingerprint density at radius 3 is 3.00 bits per heavy atom. The molecule has 0 aliphatic heterocycles. The summed E-state index contributed by atoms with van der Waals surface area (Å²) >= 11 is 0. The minimum absolute atomic E-state index is 0.0227. The Balaban J connectivity index is 1.54. The smallest absolute Gasteiger partial charge is 0.220 e. The average Bonchev–Trinajstić information content (AvgIpc) is 3.23. The van der Waals surface area contributed by atoms with E-state index in [0.717, 1.165) is 18.6 Å². The van der Waals surface area contributed by atoms with Crippen LogP contribution in [0.5, 0.6) is 5.75 Å². The standard InChI is InChI=1S/C14H20N2O3/c17-11-14(5-6-14)10-16-13(18)4-2-8-19-12-3-1-7-15-9-12/h1,3,7,9,17H,2,4-6,8,10-11H2,(H,16,18). The van der Waals surface area contributed by atoms with Crippen LogP contribution in [0.4, 0.5) is 0 Å². The van der Waals surface area contributed by atoms with E-state index >= 15 is 0 Å². The highest BCUT2D eigenvalue weighted by atomic mass is 16.5. The Kier molecular flexibility index (Phi) is 4.74. The second kappa shape index (κ2) is 6.52. The van der Waals surface area contributed by atoms with Gasteiger partial charge in [-0.3, -0.25) is 9.78 Å². The van der Waals surface area contributed by atoms with Crippen LogP contribution in [-0.2, 0) is 4.79 Å². The first-order valence-corrected chi connectivity index (χ1v) is 6.64. The van der Waals surface area contributed by atoms with Crippen molar-refractivity contribution in [2.45, 2.75) is 25.7 Å². The molecule has 0 saturated heterocycles. The van der Waals surface area contributed by atoms with E-state index in [9.17, 15) is 4.79 Å². The number of pyridine rings is 1. The van der Waals surface area contributed by atoms with Crippen molar-refractivity contribution in [3.8, 4) is 5.75 Å². The zero-order chi connectivity index (χ0) is 13.6. The van der Waals surface area contributed by atoms with Gasteiger partial charge in [0, 0.05) is 24.6 Å². The van der Waals surface area contributed by atoms with Crippen molar-refractivity contribution in [1.82, 2.24) is 10.3 Å². The van der Waals surface area contributed by atoms with Gasteiger partial charge in [0.25, 0.3) is 0 Å². The van der Waals surface area contributed by atoms with Gasteiger partial charge in [0.05, 0.1) is 19.4 Å². The number of rotatable bonds is 8. The highest BCUT2D eigenvalue weighted by Crippen LogP contribution is 2.44. The van der Waals surface area contributed by atoms with Crippen LogP contribution in [0, 0.1) is 5.41 Å². The lowest BCUT2D eigenvalue weighted by Crippen LogP contribution is -2.31. The second-order valence-electron chi connectivity index (χ2n) is 5.08. The first-order valence-electron chi connectivity index (χ1n) is 6.64. The summed E-state index contributed by atoms with van der Waals surface area (Å²) in [5.74, 6) is 0.745. The third-order valence-corrected chi connectivity index (χ3v) is 3.40. The van der Waals surface area contributed by atoms with Crippen molar-refractivity contribution >= 4 is 5.91 Å². The summed E-state index contributed by atoms with van der Waals surface area (Å²) in [4.78, 5) is 15.5. The molecule has 0 aromatic carbocycles. The molecule has 19 heavy (non-hydrogen) atoms. The SMILES string of the molecule is O=C(CCCOc1cccnc1)NCC1(CO)CC1. The fourth-order valence-electron chi connectivity index (χ4n) is 1.80. The summed E-state index contributed by atoms with van der Waals surface area (Å²) in [6.45, 7) is 1.26. The second-order valence-corrected chi connectivity index (χ2v) is 5.08. The number of aromatic nitrogens is 1. The van der Waals surface area contributed by atoms with Crippen LogP contribution in [0.15, 0.2) is 24.5 Å². The molecule has 0 bridgehead atoms. The van der Waals surface area contributed by atoms with Crippen molar-refractivity contribution in [2.24, 2.45) is 5.41 Å². The van der Waals surface area contributed by atoms with E-state index in [-0.39, 0.29) is 17.9 Å². The van der Waals surface area contributed by atoms with Gasteiger partial charge in [0.15, 0.2) is 0 Å². The van der Waals surface area contributed by atoms with Gasteiger partial charge in [0.2, 0.25) is 5.91 Å². The molecular weight excluding hydrogens is 244 g/mol. The zero-order valence-corrected chi connectivity index (χ0v) is 11.0. The highest BCUT2D eigenvalue weighted by molar-refractivity contribution is 5.75. The molecule has 1 amide bonds. The maximum atomic E-state index is 11.6. The minimum Gasteiger partial charge on any atom is -0.492 e. The molecule has 1 aliphatic carbocycles. The summed E-state index contributed by atoms with van der Waals surface area (Å²) < 4.78 is 5.45. The Labute approximate surface area is 113 Å². The van der Waals surface area contributed by atoms with Crippen molar-refractivity contribution in [2.75, 3.05) is 19.8 Å². The molecule has 5 heteroatoms. The largest absolute Gasteiger partial charge is 0.492 e. The molecule has 5 nitrogen and oxygen atoms in total. The number of carbonyl (C=O) groups is 1. The van der Waals surface area contributed by atoms with Gasteiger partial charge in [0.1, 0.15) is 5.75 Å². The summed E-state index contributed by atoms with van der Waals surface area (Å²) in [6.07, 6.45) is 6.48. The number of hydrogen-bond acceptors (Lipinski definition) is 4. The number of hydrogen-bond donors (Lipinski definition) is 2. The van der Waals surface area contributed by atoms with E-state index in [1.807, 2.05) is 12.1 Å². The highest BCUT2D eigenvalue weighted by Gasteiger charge is 2.41. The summed E-state index contributed by atoms with van der Waals surface area (Å²) in [5, 5.41) is 12.0. The Bertz CT molecular complexity index is 404. The predicted molar refractivity (Wildman–Crippen MR) is 70.7 cm³/mol. The molecule has 1 saturated carbocycles. The third kappa shape index (κ3) is 4.52. The number of nitrogens with one attached hydrogen (secondary N) is 1. The number of nitrogens with zero attached hydrogens (tertiary/aromatic N) is 1.